The molecule has 0 radical (unpaired) electrons. The van der Waals surface area contributed by atoms with Gasteiger partial charge in [-0.05, 0) is 48.6 Å². The van der Waals surface area contributed by atoms with Gasteiger partial charge in [0.15, 0.2) is 0 Å². The van der Waals surface area contributed by atoms with Crippen molar-refractivity contribution in [3.63, 3.8) is 0 Å². The molecule has 80 valence electrons. The number of benzene rings is 1. The standard InChI is InChI=1S/C14H18O/c1-2-6-13-11(4-1)5-3-7-14(13)12-8-9-15-10-12/h1-2,4,6,12,14H,3,5,7-10H2. The molecule has 1 aromatic rings. The van der Waals surface area contributed by atoms with E-state index >= 15 is 0 Å². The largest absolute Gasteiger partial charge is 0.381 e. The van der Waals surface area contributed by atoms with Gasteiger partial charge in [0, 0.05) is 6.61 Å². The molecule has 1 aliphatic heterocycles. The molecule has 0 saturated carbocycles. The smallest absolute Gasteiger partial charge is 0.0500 e. The van der Waals surface area contributed by atoms with Gasteiger partial charge in [-0.15, -0.1) is 0 Å². The zero-order valence-electron chi connectivity index (χ0n) is 9.11. The highest BCUT2D eigenvalue weighted by atomic mass is 16.5. The van der Waals surface area contributed by atoms with E-state index in [4.69, 9.17) is 4.74 Å². The number of hydrogen-bond acceptors (Lipinski definition) is 1. The van der Waals surface area contributed by atoms with Gasteiger partial charge in [0.05, 0.1) is 6.61 Å². The van der Waals surface area contributed by atoms with E-state index in [1.807, 2.05) is 0 Å². The summed E-state index contributed by atoms with van der Waals surface area (Å²) in [6.45, 7) is 1.96. The molecule has 15 heavy (non-hydrogen) atoms. The van der Waals surface area contributed by atoms with Gasteiger partial charge in [0.25, 0.3) is 0 Å². The fourth-order valence-electron chi connectivity index (χ4n) is 3.15. The zero-order valence-corrected chi connectivity index (χ0v) is 9.11. The van der Waals surface area contributed by atoms with Crippen LogP contribution >= 0.6 is 0 Å². The minimum Gasteiger partial charge on any atom is -0.381 e. The first-order valence-electron chi connectivity index (χ1n) is 6.11. The fourth-order valence-corrected chi connectivity index (χ4v) is 3.15. The van der Waals surface area contributed by atoms with Crippen LogP contribution in [-0.4, -0.2) is 13.2 Å². The van der Waals surface area contributed by atoms with E-state index in [1.165, 1.54) is 25.7 Å². The van der Waals surface area contributed by atoms with Crippen LogP contribution in [-0.2, 0) is 11.2 Å². The molecule has 1 fully saturated rings. The maximum Gasteiger partial charge on any atom is 0.0500 e. The lowest BCUT2D eigenvalue weighted by Crippen LogP contribution is -2.18. The maximum absolute atomic E-state index is 5.53. The molecule has 2 aliphatic rings. The van der Waals surface area contributed by atoms with Gasteiger partial charge in [-0.2, -0.15) is 0 Å². The van der Waals surface area contributed by atoms with Gasteiger partial charge in [-0.25, -0.2) is 0 Å². The molecular weight excluding hydrogens is 184 g/mol. The van der Waals surface area contributed by atoms with E-state index in [-0.39, 0.29) is 0 Å². The van der Waals surface area contributed by atoms with Crippen molar-refractivity contribution in [2.75, 3.05) is 13.2 Å². The highest BCUT2D eigenvalue weighted by Gasteiger charge is 2.30. The Morgan fingerprint density at radius 3 is 2.93 bits per heavy atom. The van der Waals surface area contributed by atoms with Crippen molar-refractivity contribution in [1.29, 1.82) is 0 Å². The van der Waals surface area contributed by atoms with Crippen LogP contribution in [0.1, 0.15) is 36.3 Å². The number of ether oxygens (including phenoxy) is 1. The Hall–Kier alpha value is -0.820. The molecule has 0 spiro atoms. The molecule has 3 rings (SSSR count). The molecule has 1 heteroatoms. The van der Waals surface area contributed by atoms with Crippen molar-refractivity contribution in [1.82, 2.24) is 0 Å². The second-order valence-corrected chi connectivity index (χ2v) is 4.82. The minimum absolute atomic E-state index is 0.775. The quantitative estimate of drug-likeness (QED) is 0.679. The molecule has 1 saturated heterocycles. The summed E-state index contributed by atoms with van der Waals surface area (Å²) in [5.41, 5.74) is 3.19. The lowest BCUT2D eigenvalue weighted by molar-refractivity contribution is 0.178. The van der Waals surface area contributed by atoms with E-state index in [2.05, 4.69) is 24.3 Å². The van der Waals surface area contributed by atoms with E-state index in [9.17, 15) is 0 Å². The molecule has 0 N–H and O–H groups in total. The monoisotopic (exact) mass is 202 g/mol. The van der Waals surface area contributed by atoms with Crippen molar-refractivity contribution in [2.45, 2.75) is 31.6 Å². The van der Waals surface area contributed by atoms with Gasteiger partial charge in [-0.1, -0.05) is 24.3 Å². The molecule has 0 amide bonds. The number of fused-ring (bicyclic) bond motifs is 1. The van der Waals surface area contributed by atoms with Crippen LogP contribution in [0.3, 0.4) is 0 Å². The topological polar surface area (TPSA) is 9.23 Å². The normalized spacial score (nSPS) is 30.1. The Bertz CT molecular complexity index is 339. The van der Waals surface area contributed by atoms with Crippen LogP contribution in [0.25, 0.3) is 0 Å². The lowest BCUT2D eigenvalue weighted by Gasteiger charge is -2.29. The first kappa shape index (κ1) is 9.41. The second-order valence-electron chi connectivity index (χ2n) is 4.82. The number of aryl methyl sites for hydroxylation is 1. The summed E-state index contributed by atoms with van der Waals surface area (Å²) in [6.07, 6.45) is 5.27. The minimum atomic E-state index is 0.775. The molecule has 1 heterocycles. The summed E-state index contributed by atoms with van der Waals surface area (Å²) in [5.74, 6) is 1.56. The first-order valence-corrected chi connectivity index (χ1v) is 6.11. The molecule has 1 aromatic carbocycles. The Labute approximate surface area is 91.5 Å². The van der Waals surface area contributed by atoms with E-state index < -0.39 is 0 Å². The third kappa shape index (κ3) is 1.69. The summed E-state index contributed by atoms with van der Waals surface area (Å²) in [4.78, 5) is 0. The highest BCUT2D eigenvalue weighted by molar-refractivity contribution is 5.33. The maximum atomic E-state index is 5.53. The summed E-state index contributed by atoms with van der Waals surface area (Å²) < 4.78 is 5.53. The van der Waals surface area contributed by atoms with Crippen molar-refractivity contribution in [2.24, 2.45) is 5.92 Å². The fraction of sp³-hybridized carbons (Fsp3) is 0.571. The Kier molecular flexibility index (Phi) is 2.49. The van der Waals surface area contributed by atoms with Crippen LogP contribution < -0.4 is 0 Å². The molecule has 2 unspecified atom stereocenters. The van der Waals surface area contributed by atoms with Crippen LogP contribution in [0.2, 0.25) is 0 Å². The summed E-state index contributed by atoms with van der Waals surface area (Å²) in [7, 11) is 0. The SMILES string of the molecule is c1ccc2c(c1)CCCC2C1CCOC1. The van der Waals surface area contributed by atoms with Gasteiger partial charge in [-0.3, -0.25) is 0 Å². The average molecular weight is 202 g/mol. The van der Waals surface area contributed by atoms with Crippen LogP contribution in [0.5, 0.6) is 0 Å². The summed E-state index contributed by atoms with van der Waals surface area (Å²) in [5, 5.41) is 0. The van der Waals surface area contributed by atoms with Gasteiger partial charge in [0.2, 0.25) is 0 Å². The average Bonchev–Trinajstić information content (AvgIpc) is 2.82. The van der Waals surface area contributed by atoms with E-state index in [0.29, 0.717) is 0 Å². The van der Waals surface area contributed by atoms with Crippen LogP contribution in [0, 0.1) is 5.92 Å². The zero-order chi connectivity index (χ0) is 10.1. The molecule has 2 atom stereocenters. The van der Waals surface area contributed by atoms with E-state index in [0.717, 1.165) is 25.0 Å². The Morgan fingerprint density at radius 2 is 2.07 bits per heavy atom. The molecule has 0 bridgehead atoms. The lowest BCUT2D eigenvalue weighted by atomic mass is 9.75. The third-order valence-corrected chi connectivity index (χ3v) is 3.95. The second kappa shape index (κ2) is 3.97. The van der Waals surface area contributed by atoms with Gasteiger partial charge >= 0.3 is 0 Å². The van der Waals surface area contributed by atoms with Crippen LogP contribution in [0.4, 0.5) is 0 Å². The van der Waals surface area contributed by atoms with Crippen molar-refractivity contribution in [3.8, 4) is 0 Å². The Balaban J connectivity index is 1.91. The molecule has 1 aliphatic carbocycles. The number of hydrogen-bond donors (Lipinski definition) is 0. The van der Waals surface area contributed by atoms with Crippen molar-refractivity contribution >= 4 is 0 Å². The van der Waals surface area contributed by atoms with Gasteiger partial charge in [0.1, 0.15) is 0 Å². The number of rotatable bonds is 1. The van der Waals surface area contributed by atoms with Gasteiger partial charge < -0.3 is 4.74 Å². The Morgan fingerprint density at radius 1 is 1.13 bits per heavy atom. The molecule has 0 aromatic heterocycles. The first-order chi connectivity index (χ1) is 7.45. The summed E-state index contributed by atoms with van der Waals surface area (Å²) in [6, 6.07) is 8.99. The van der Waals surface area contributed by atoms with Crippen LogP contribution in [0.15, 0.2) is 24.3 Å². The third-order valence-electron chi connectivity index (χ3n) is 3.95. The highest BCUT2D eigenvalue weighted by Crippen LogP contribution is 2.39. The predicted molar refractivity (Wildman–Crippen MR) is 61.0 cm³/mol. The van der Waals surface area contributed by atoms with Crippen molar-refractivity contribution < 1.29 is 4.74 Å². The predicted octanol–water partition coefficient (Wildman–Crippen LogP) is 3.14. The summed E-state index contributed by atoms with van der Waals surface area (Å²) >= 11 is 0. The molecular formula is C14H18O. The van der Waals surface area contributed by atoms with Crippen molar-refractivity contribution in [3.05, 3.63) is 35.4 Å². The van der Waals surface area contributed by atoms with E-state index in [1.54, 1.807) is 11.1 Å². The molecule has 1 nitrogen and oxygen atoms in total.